The molecule has 1 aliphatic heterocycles. The summed E-state index contributed by atoms with van der Waals surface area (Å²) in [5.74, 6) is 2.17. The Morgan fingerprint density at radius 1 is 1.50 bits per heavy atom. The maximum atomic E-state index is 5.66. The van der Waals surface area contributed by atoms with Gasteiger partial charge in [-0.05, 0) is 37.3 Å². The van der Waals surface area contributed by atoms with Crippen LogP contribution in [-0.2, 0) is 0 Å². The van der Waals surface area contributed by atoms with E-state index < -0.39 is 0 Å². The van der Waals surface area contributed by atoms with Gasteiger partial charge < -0.3 is 4.74 Å². The first-order chi connectivity index (χ1) is 7.66. The van der Waals surface area contributed by atoms with E-state index in [1.54, 1.807) is 0 Å². The molecular weight excluding hydrogens is 198 g/mol. The fraction of sp³-hybridized carbons (Fsp3) is 0.500. The summed E-state index contributed by atoms with van der Waals surface area (Å²) in [6.45, 7) is 9.20. The van der Waals surface area contributed by atoms with E-state index in [0.717, 1.165) is 23.7 Å². The fourth-order valence-corrected chi connectivity index (χ4v) is 2.34. The molecule has 3 rings (SSSR count). The number of rotatable bonds is 2. The molecule has 1 saturated carbocycles. The van der Waals surface area contributed by atoms with E-state index >= 15 is 0 Å². The highest BCUT2D eigenvalue weighted by Gasteiger charge is 2.29. The van der Waals surface area contributed by atoms with Gasteiger partial charge in [0.05, 0.1) is 18.0 Å². The molecule has 84 valence electrons. The van der Waals surface area contributed by atoms with Crippen molar-refractivity contribution in [3.63, 3.8) is 0 Å². The predicted molar refractivity (Wildman–Crippen MR) is 64.6 cm³/mol. The molecule has 1 fully saturated rings. The third kappa shape index (κ3) is 1.44. The molecule has 0 bridgehead atoms. The first-order valence-electron chi connectivity index (χ1n) is 6.00. The van der Waals surface area contributed by atoms with Crippen LogP contribution in [0, 0.1) is 12.8 Å². The molecule has 0 saturated heterocycles. The molecular formula is C14H17NO. The van der Waals surface area contributed by atoms with Crippen molar-refractivity contribution in [3.8, 4) is 5.75 Å². The molecule has 1 unspecified atom stereocenters. The third-order valence-electron chi connectivity index (χ3n) is 3.58. The summed E-state index contributed by atoms with van der Waals surface area (Å²) in [6.07, 6.45) is 2.56. The average molecular weight is 215 g/mol. The van der Waals surface area contributed by atoms with Crippen molar-refractivity contribution < 1.29 is 4.74 Å². The van der Waals surface area contributed by atoms with Gasteiger partial charge >= 0.3 is 0 Å². The van der Waals surface area contributed by atoms with E-state index in [0.29, 0.717) is 11.8 Å². The lowest BCUT2D eigenvalue weighted by molar-refractivity contribution is 0.334. The SMILES string of the molecule is C=C(c1cc2c(c(C)n1)OCC2C)C1CC1. The van der Waals surface area contributed by atoms with Crippen molar-refractivity contribution in [2.75, 3.05) is 6.61 Å². The molecule has 1 aliphatic carbocycles. The topological polar surface area (TPSA) is 22.1 Å². The van der Waals surface area contributed by atoms with Crippen LogP contribution in [0.5, 0.6) is 5.75 Å². The van der Waals surface area contributed by atoms with Crippen LogP contribution in [0.25, 0.3) is 5.57 Å². The highest BCUT2D eigenvalue weighted by atomic mass is 16.5. The summed E-state index contributed by atoms with van der Waals surface area (Å²) in [7, 11) is 0. The van der Waals surface area contributed by atoms with Gasteiger partial charge in [0.25, 0.3) is 0 Å². The summed E-state index contributed by atoms with van der Waals surface area (Å²) in [6, 6.07) is 2.18. The lowest BCUT2D eigenvalue weighted by atomic mass is 9.99. The molecule has 2 nitrogen and oxygen atoms in total. The minimum atomic E-state index is 0.488. The zero-order valence-electron chi connectivity index (χ0n) is 9.92. The van der Waals surface area contributed by atoms with Crippen LogP contribution >= 0.6 is 0 Å². The van der Waals surface area contributed by atoms with Gasteiger partial charge in [-0.25, -0.2) is 4.98 Å². The average Bonchev–Trinajstić information content (AvgIpc) is 3.04. The summed E-state index contributed by atoms with van der Waals surface area (Å²) >= 11 is 0. The molecule has 0 N–H and O–H groups in total. The Balaban J connectivity index is 2.04. The first kappa shape index (κ1) is 9.88. The van der Waals surface area contributed by atoms with E-state index in [4.69, 9.17) is 4.74 Å². The van der Waals surface area contributed by atoms with Crippen LogP contribution in [0.3, 0.4) is 0 Å². The zero-order chi connectivity index (χ0) is 11.3. The normalized spacial score (nSPS) is 22.8. The smallest absolute Gasteiger partial charge is 0.144 e. The maximum absolute atomic E-state index is 5.66. The molecule has 16 heavy (non-hydrogen) atoms. The highest BCUT2D eigenvalue weighted by Crippen LogP contribution is 2.43. The lowest BCUT2D eigenvalue weighted by Gasteiger charge is -2.09. The van der Waals surface area contributed by atoms with Crippen LogP contribution < -0.4 is 4.74 Å². The minimum absolute atomic E-state index is 0.488. The number of aromatic nitrogens is 1. The lowest BCUT2D eigenvalue weighted by Crippen LogP contribution is -1.96. The Hall–Kier alpha value is -1.31. The van der Waals surface area contributed by atoms with E-state index in [1.165, 1.54) is 24.0 Å². The Morgan fingerprint density at radius 2 is 2.25 bits per heavy atom. The number of nitrogens with zero attached hydrogens (tertiary/aromatic N) is 1. The molecule has 1 atom stereocenters. The van der Waals surface area contributed by atoms with E-state index in [9.17, 15) is 0 Å². The Bertz CT molecular complexity index is 460. The van der Waals surface area contributed by atoms with Gasteiger partial charge in [0.15, 0.2) is 0 Å². The van der Waals surface area contributed by atoms with E-state index in [2.05, 4.69) is 24.6 Å². The zero-order valence-corrected chi connectivity index (χ0v) is 9.92. The molecule has 0 amide bonds. The second-order valence-electron chi connectivity index (χ2n) is 5.02. The van der Waals surface area contributed by atoms with Crippen LogP contribution in [0.2, 0.25) is 0 Å². The van der Waals surface area contributed by atoms with Crippen molar-refractivity contribution in [1.82, 2.24) is 4.98 Å². The Morgan fingerprint density at radius 3 is 2.94 bits per heavy atom. The predicted octanol–water partition coefficient (Wildman–Crippen LogP) is 3.31. The van der Waals surface area contributed by atoms with Gasteiger partial charge in [-0.2, -0.15) is 0 Å². The molecule has 2 heterocycles. The number of aryl methyl sites for hydroxylation is 1. The largest absolute Gasteiger partial charge is 0.491 e. The fourth-order valence-electron chi connectivity index (χ4n) is 2.34. The quantitative estimate of drug-likeness (QED) is 0.755. The standard InChI is InChI=1S/C14H17NO/c1-8-7-16-14-10(3)15-13(6-12(8)14)9(2)11-4-5-11/h6,8,11H,2,4-5,7H2,1,3H3. The number of pyridine rings is 1. The Kier molecular flexibility index (Phi) is 2.06. The second-order valence-corrected chi connectivity index (χ2v) is 5.02. The molecule has 2 heteroatoms. The van der Waals surface area contributed by atoms with Crippen molar-refractivity contribution >= 4 is 5.57 Å². The molecule has 0 radical (unpaired) electrons. The summed E-state index contributed by atoms with van der Waals surface area (Å²) in [4.78, 5) is 4.62. The highest BCUT2D eigenvalue weighted by molar-refractivity contribution is 5.66. The monoisotopic (exact) mass is 215 g/mol. The second kappa shape index (κ2) is 3.34. The van der Waals surface area contributed by atoms with Crippen molar-refractivity contribution in [1.29, 1.82) is 0 Å². The van der Waals surface area contributed by atoms with Crippen molar-refractivity contribution in [3.05, 3.63) is 29.6 Å². The maximum Gasteiger partial charge on any atom is 0.144 e. The third-order valence-corrected chi connectivity index (χ3v) is 3.58. The van der Waals surface area contributed by atoms with Crippen molar-refractivity contribution in [2.45, 2.75) is 32.6 Å². The minimum Gasteiger partial charge on any atom is -0.491 e. The van der Waals surface area contributed by atoms with Crippen LogP contribution in [0.1, 0.15) is 42.6 Å². The van der Waals surface area contributed by atoms with Gasteiger partial charge in [0, 0.05) is 11.5 Å². The molecule has 0 spiro atoms. The summed E-state index contributed by atoms with van der Waals surface area (Å²) < 4.78 is 5.66. The number of hydrogen-bond acceptors (Lipinski definition) is 2. The van der Waals surface area contributed by atoms with Gasteiger partial charge in [0.2, 0.25) is 0 Å². The van der Waals surface area contributed by atoms with Crippen LogP contribution in [0.4, 0.5) is 0 Å². The van der Waals surface area contributed by atoms with E-state index in [-0.39, 0.29) is 0 Å². The van der Waals surface area contributed by atoms with Crippen LogP contribution in [-0.4, -0.2) is 11.6 Å². The van der Waals surface area contributed by atoms with Crippen LogP contribution in [0.15, 0.2) is 12.6 Å². The van der Waals surface area contributed by atoms with Crippen molar-refractivity contribution in [2.24, 2.45) is 5.92 Å². The Labute approximate surface area is 96.3 Å². The number of allylic oxidation sites excluding steroid dienone is 1. The molecule has 2 aliphatic rings. The van der Waals surface area contributed by atoms with Gasteiger partial charge in [-0.3, -0.25) is 0 Å². The molecule has 0 aromatic carbocycles. The number of hydrogen-bond donors (Lipinski definition) is 0. The number of ether oxygens (including phenoxy) is 1. The van der Waals surface area contributed by atoms with E-state index in [1.807, 2.05) is 6.92 Å². The summed E-state index contributed by atoms with van der Waals surface area (Å²) in [5, 5.41) is 0. The van der Waals surface area contributed by atoms with Gasteiger partial charge in [-0.15, -0.1) is 0 Å². The van der Waals surface area contributed by atoms with Gasteiger partial charge in [-0.1, -0.05) is 13.5 Å². The first-order valence-corrected chi connectivity index (χ1v) is 6.00. The van der Waals surface area contributed by atoms with Gasteiger partial charge in [0.1, 0.15) is 5.75 Å². The summed E-state index contributed by atoms with van der Waals surface area (Å²) in [5.41, 5.74) is 4.61. The molecule has 1 aromatic heterocycles. The number of fused-ring (bicyclic) bond motifs is 1. The molecule has 1 aromatic rings.